The van der Waals surface area contributed by atoms with E-state index in [9.17, 15) is 14.4 Å². The summed E-state index contributed by atoms with van der Waals surface area (Å²) in [5.41, 5.74) is 3.25. The van der Waals surface area contributed by atoms with Gasteiger partial charge in [-0.1, -0.05) is 0 Å². The van der Waals surface area contributed by atoms with Crippen LogP contribution >= 0.6 is 0 Å². The van der Waals surface area contributed by atoms with Crippen LogP contribution in [0.1, 0.15) is 18.9 Å². The molecule has 1 atom stereocenters. The van der Waals surface area contributed by atoms with Gasteiger partial charge in [0.25, 0.3) is 5.91 Å². The van der Waals surface area contributed by atoms with Crippen molar-refractivity contribution in [1.29, 1.82) is 0 Å². The van der Waals surface area contributed by atoms with Crippen molar-refractivity contribution in [1.82, 2.24) is 10.3 Å². The van der Waals surface area contributed by atoms with Gasteiger partial charge in [0.05, 0.1) is 25.3 Å². The molecule has 4 rings (SSSR count). The fraction of sp³-hybridized carbons (Fsp3) is 0.261. The van der Waals surface area contributed by atoms with Crippen LogP contribution < -0.4 is 20.3 Å². The van der Waals surface area contributed by atoms with Crippen LogP contribution in [0, 0.1) is 0 Å². The first-order valence-electron chi connectivity index (χ1n) is 10.1. The second-order valence-electron chi connectivity index (χ2n) is 7.48. The molecule has 3 aromatic rings. The molecular weight excluding hydrogens is 396 g/mol. The lowest BCUT2D eigenvalue weighted by molar-refractivity contribution is -0.121. The number of imide groups is 1. The molecule has 0 saturated carbocycles. The Hall–Kier alpha value is -3.65. The van der Waals surface area contributed by atoms with Gasteiger partial charge < -0.3 is 20.4 Å². The fourth-order valence-electron chi connectivity index (χ4n) is 3.83. The number of nitrogens with zero attached hydrogens (tertiary/aromatic N) is 1. The SMILES string of the molecule is COc1ccc2[nH]cc(CCN[C@@H]3CC(=O)N(c4ccc(NC(C)=O)cc4)C3=O)c2c1. The second-order valence-corrected chi connectivity index (χ2v) is 7.48. The predicted molar refractivity (Wildman–Crippen MR) is 118 cm³/mol. The number of fused-ring (bicyclic) bond motifs is 1. The number of benzene rings is 2. The van der Waals surface area contributed by atoms with E-state index in [0.717, 1.165) is 22.2 Å². The minimum atomic E-state index is -0.553. The van der Waals surface area contributed by atoms with E-state index in [1.807, 2.05) is 24.4 Å². The average molecular weight is 420 g/mol. The van der Waals surface area contributed by atoms with Gasteiger partial charge in [-0.3, -0.25) is 14.4 Å². The molecule has 3 N–H and O–H groups in total. The zero-order chi connectivity index (χ0) is 22.0. The number of aromatic nitrogens is 1. The Morgan fingerprint density at radius 2 is 1.97 bits per heavy atom. The van der Waals surface area contributed by atoms with E-state index in [2.05, 4.69) is 15.6 Å². The zero-order valence-electron chi connectivity index (χ0n) is 17.4. The molecule has 160 valence electrons. The largest absolute Gasteiger partial charge is 0.497 e. The highest BCUT2D eigenvalue weighted by Crippen LogP contribution is 2.26. The van der Waals surface area contributed by atoms with Crippen molar-refractivity contribution in [3.63, 3.8) is 0 Å². The number of carbonyl (C=O) groups excluding carboxylic acids is 3. The standard InChI is InChI=1S/C23H24N4O4/c1-14(28)26-16-3-5-17(6-4-16)27-22(29)12-21(23(27)30)24-10-9-15-13-25-20-8-7-18(31-2)11-19(15)20/h3-8,11,13,21,24-25H,9-10,12H2,1-2H3,(H,26,28)/t21-/m1/s1. The Morgan fingerprint density at radius 1 is 1.19 bits per heavy atom. The molecule has 8 heteroatoms. The summed E-state index contributed by atoms with van der Waals surface area (Å²) in [7, 11) is 1.64. The number of hydrogen-bond donors (Lipinski definition) is 3. The normalized spacial score (nSPS) is 16.2. The Labute approximate surface area is 179 Å². The Bertz CT molecular complexity index is 1140. The molecule has 3 amide bonds. The Morgan fingerprint density at radius 3 is 2.68 bits per heavy atom. The number of aromatic amines is 1. The van der Waals surface area contributed by atoms with Gasteiger partial charge in [0.15, 0.2) is 0 Å². The first-order valence-corrected chi connectivity index (χ1v) is 10.1. The molecule has 31 heavy (non-hydrogen) atoms. The number of methoxy groups -OCH3 is 1. The number of carbonyl (C=O) groups is 3. The van der Waals surface area contributed by atoms with Crippen LogP contribution in [0.3, 0.4) is 0 Å². The van der Waals surface area contributed by atoms with Crippen LogP contribution in [-0.2, 0) is 20.8 Å². The molecule has 1 saturated heterocycles. The molecule has 1 aliphatic rings. The van der Waals surface area contributed by atoms with E-state index < -0.39 is 6.04 Å². The van der Waals surface area contributed by atoms with E-state index in [1.54, 1.807) is 31.4 Å². The molecule has 1 fully saturated rings. The van der Waals surface area contributed by atoms with Crippen molar-refractivity contribution < 1.29 is 19.1 Å². The van der Waals surface area contributed by atoms with Crippen molar-refractivity contribution in [2.45, 2.75) is 25.8 Å². The molecule has 1 aromatic heterocycles. The maximum absolute atomic E-state index is 12.8. The smallest absolute Gasteiger partial charge is 0.251 e. The summed E-state index contributed by atoms with van der Waals surface area (Å²) in [6.45, 7) is 1.98. The van der Waals surface area contributed by atoms with Gasteiger partial charge in [0.1, 0.15) is 5.75 Å². The van der Waals surface area contributed by atoms with Crippen molar-refractivity contribution in [3.8, 4) is 5.75 Å². The summed E-state index contributed by atoms with van der Waals surface area (Å²) in [6, 6.07) is 12.0. The van der Waals surface area contributed by atoms with Crippen LogP contribution in [0.15, 0.2) is 48.7 Å². The van der Waals surface area contributed by atoms with Crippen LogP contribution in [0.2, 0.25) is 0 Å². The molecule has 0 bridgehead atoms. The number of amides is 3. The topological polar surface area (TPSA) is 104 Å². The molecule has 0 aliphatic carbocycles. The summed E-state index contributed by atoms with van der Waals surface area (Å²) < 4.78 is 5.30. The van der Waals surface area contributed by atoms with Crippen molar-refractivity contribution in [3.05, 3.63) is 54.2 Å². The molecule has 8 nitrogen and oxygen atoms in total. The average Bonchev–Trinajstić information content (AvgIpc) is 3.28. The third-order valence-electron chi connectivity index (χ3n) is 5.35. The van der Waals surface area contributed by atoms with Crippen LogP contribution in [0.4, 0.5) is 11.4 Å². The number of H-pyrrole nitrogens is 1. The second kappa shape index (κ2) is 8.61. The van der Waals surface area contributed by atoms with Crippen LogP contribution in [0.25, 0.3) is 10.9 Å². The van der Waals surface area contributed by atoms with Gasteiger partial charge >= 0.3 is 0 Å². The zero-order valence-corrected chi connectivity index (χ0v) is 17.4. The predicted octanol–water partition coefficient (Wildman–Crippen LogP) is 2.60. The fourth-order valence-corrected chi connectivity index (χ4v) is 3.83. The molecule has 2 aromatic carbocycles. The first-order chi connectivity index (χ1) is 15.0. The third-order valence-corrected chi connectivity index (χ3v) is 5.35. The Balaban J connectivity index is 1.39. The van der Waals surface area contributed by atoms with Gasteiger partial charge in [-0.2, -0.15) is 0 Å². The summed E-state index contributed by atoms with van der Waals surface area (Å²) in [5.74, 6) is 0.0986. The number of nitrogens with one attached hydrogen (secondary N) is 3. The van der Waals surface area contributed by atoms with E-state index in [4.69, 9.17) is 4.74 Å². The van der Waals surface area contributed by atoms with Gasteiger partial charge in [-0.05, 0) is 54.4 Å². The molecule has 2 heterocycles. The number of hydrogen-bond acceptors (Lipinski definition) is 5. The first kappa shape index (κ1) is 20.6. The minimum absolute atomic E-state index is 0.119. The molecule has 0 spiro atoms. The third kappa shape index (κ3) is 4.29. The summed E-state index contributed by atoms with van der Waals surface area (Å²) in [5, 5.41) is 6.96. The lowest BCUT2D eigenvalue weighted by Gasteiger charge is -2.16. The monoisotopic (exact) mass is 420 g/mol. The highest BCUT2D eigenvalue weighted by atomic mass is 16.5. The van der Waals surface area contributed by atoms with Gasteiger partial charge in [0.2, 0.25) is 11.8 Å². The van der Waals surface area contributed by atoms with E-state index in [1.165, 1.54) is 11.8 Å². The molecule has 0 radical (unpaired) electrons. The van der Waals surface area contributed by atoms with E-state index in [-0.39, 0.29) is 24.1 Å². The maximum atomic E-state index is 12.8. The van der Waals surface area contributed by atoms with E-state index in [0.29, 0.717) is 24.3 Å². The molecule has 1 aliphatic heterocycles. The van der Waals surface area contributed by atoms with Gasteiger partial charge in [-0.25, -0.2) is 4.90 Å². The summed E-state index contributed by atoms with van der Waals surface area (Å²) >= 11 is 0. The van der Waals surface area contributed by atoms with Gasteiger partial charge in [-0.15, -0.1) is 0 Å². The number of anilines is 2. The lowest BCUT2D eigenvalue weighted by Crippen LogP contribution is -2.39. The Kier molecular flexibility index (Phi) is 5.73. The van der Waals surface area contributed by atoms with Crippen LogP contribution in [0.5, 0.6) is 5.75 Å². The highest BCUT2D eigenvalue weighted by Gasteiger charge is 2.39. The van der Waals surface area contributed by atoms with Crippen molar-refractivity contribution in [2.24, 2.45) is 0 Å². The van der Waals surface area contributed by atoms with Crippen molar-refractivity contribution >= 4 is 40.0 Å². The molecular formula is C23H24N4O4. The maximum Gasteiger partial charge on any atom is 0.251 e. The van der Waals surface area contributed by atoms with Crippen molar-refractivity contribution in [2.75, 3.05) is 23.9 Å². The quantitative estimate of drug-likeness (QED) is 0.510. The highest BCUT2D eigenvalue weighted by molar-refractivity contribution is 6.22. The summed E-state index contributed by atoms with van der Waals surface area (Å²) in [6.07, 6.45) is 2.78. The summed E-state index contributed by atoms with van der Waals surface area (Å²) in [4.78, 5) is 40.9. The lowest BCUT2D eigenvalue weighted by atomic mass is 10.1. The van der Waals surface area contributed by atoms with Gasteiger partial charge in [0, 0.05) is 36.3 Å². The minimum Gasteiger partial charge on any atom is -0.497 e. The molecule has 0 unspecified atom stereocenters. The van der Waals surface area contributed by atoms with E-state index >= 15 is 0 Å². The van der Waals surface area contributed by atoms with Crippen LogP contribution in [-0.4, -0.2) is 42.4 Å². The number of ether oxygens (including phenoxy) is 1. The number of rotatable bonds is 7.